The molecule has 1 fully saturated rings. The molecule has 9 heteroatoms. The van der Waals surface area contributed by atoms with Gasteiger partial charge in [-0.2, -0.15) is 0 Å². The molecule has 2 aromatic rings. The number of carboxylic acid groups (broad SMARTS) is 1. The van der Waals surface area contributed by atoms with Gasteiger partial charge in [0, 0.05) is 6.54 Å². The number of aliphatic carboxylic acids is 1. The van der Waals surface area contributed by atoms with Crippen molar-refractivity contribution in [1.29, 1.82) is 0 Å². The van der Waals surface area contributed by atoms with Gasteiger partial charge in [0.1, 0.15) is 0 Å². The predicted molar refractivity (Wildman–Crippen MR) is 119 cm³/mol. The van der Waals surface area contributed by atoms with Crippen LogP contribution >= 0.6 is 23.4 Å². The van der Waals surface area contributed by atoms with Gasteiger partial charge in [0.25, 0.3) is 11.1 Å². The molecule has 31 heavy (non-hydrogen) atoms. The summed E-state index contributed by atoms with van der Waals surface area (Å²) >= 11 is 7.07. The standard InChI is InChI=1S/C22H20ClNO6S/c1-29-17-11-15(10-16(23)20(17)30-13-19(25)26)12-18-21(27)24(22(28)31-18)9-5-8-14-6-3-2-4-7-14/h2-4,6-7,10-12H,5,8-9,13H2,1H3,(H,25,26)/b18-12+. The van der Waals surface area contributed by atoms with E-state index in [1.807, 2.05) is 30.3 Å². The summed E-state index contributed by atoms with van der Waals surface area (Å²) in [5, 5.41) is 8.60. The van der Waals surface area contributed by atoms with Gasteiger partial charge >= 0.3 is 5.97 Å². The summed E-state index contributed by atoms with van der Waals surface area (Å²) in [5.74, 6) is -1.19. The van der Waals surface area contributed by atoms with E-state index in [0.29, 0.717) is 18.5 Å². The minimum atomic E-state index is -1.15. The average Bonchev–Trinajstić information content (AvgIpc) is 3.00. The van der Waals surface area contributed by atoms with Crippen molar-refractivity contribution in [2.24, 2.45) is 0 Å². The number of thioether (sulfide) groups is 1. The Bertz CT molecular complexity index is 1020. The van der Waals surface area contributed by atoms with E-state index in [1.54, 1.807) is 12.1 Å². The summed E-state index contributed by atoms with van der Waals surface area (Å²) in [7, 11) is 1.39. The third-order valence-corrected chi connectivity index (χ3v) is 5.64. The van der Waals surface area contributed by atoms with Crippen molar-refractivity contribution >= 4 is 46.6 Å². The number of rotatable bonds is 9. The zero-order chi connectivity index (χ0) is 22.4. The summed E-state index contributed by atoms with van der Waals surface area (Å²) in [6.45, 7) is -0.236. The minimum absolute atomic E-state index is 0.0951. The van der Waals surface area contributed by atoms with Crippen molar-refractivity contribution < 1.29 is 29.0 Å². The highest BCUT2D eigenvalue weighted by Crippen LogP contribution is 2.39. The third-order valence-electron chi connectivity index (χ3n) is 4.45. The quantitative estimate of drug-likeness (QED) is 0.550. The van der Waals surface area contributed by atoms with Crippen LogP contribution in [0.1, 0.15) is 17.5 Å². The van der Waals surface area contributed by atoms with Crippen LogP contribution in [0, 0.1) is 0 Å². The number of halogens is 1. The molecule has 0 bridgehead atoms. The van der Waals surface area contributed by atoms with Gasteiger partial charge in [-0.05, 0) is 53.9 Å². The summed E-state index contributed by atoms with van der Waals surface area (Å²) < 4.78 is 10.4. The maximum Gasteiger partial charge on any atom is 0.341 e. The molecule has 0 atom stereocenters. The lowest BCUT2D eigenvalue weighted by atomic mass is 10.1. The van der Waals surface area contributed by atoms with Crippen LogP contribution in [-0.4, -0.2) is 47.4 Å². The van der Waals surface area contributed by atoms with Gasteiger partial charge in [-0.25, -0.2) is 4.79 Å². The molecule has 3 rings (SSSR count). The van der Waals surface area contributed by atoms with Gasteiger partial charge < -0.3 is 14.6 Å². The Balaban J connectivity index is 1.71. The van der Waals surface area contributed by atoms with E-state index in [-0.39, 0.29) is 32.6 Å². The highest BCUT2D eigenvalue weighted by molar-refractivity contribution is 8.18. The molecule has 1 saturated heterocycles. The second-order valence-corrected chi connectivity index (χ2v) is 8.04. The number of nitrogens with zero attached hydrogens (tertiary/aromatic N) is 1. The van der Waals surface area contributed by atoms with Gasteiger partial charge in [-0.15, -0.1) is 0 Å². The van der Waals surface area contributed by atoms with Gasteiger partial charge in [0.2, 0.25) is 0 Å². The van der Waals surface area contributed by atoms with Crippen LogP contribution in [0.5, 0.6) is 11.5 Å². The largest absolute Gasteiger partial charge is 0.493 e. The Labute approximate surface area is 188 Å². The SMILES string of the molecule is COc1cc(/C=C2/SC(=O)N(CCCc3ccccc3)C2=O)cc(Cl)c1OCC(=O)O. The summed E-state index contributed by atoms with van der Waals surface area (Å²) in [5.41, 5.74) is 1.68. The lowest BCUT2D eigenvalue weighted by Crippen LogP contribution is -2.29. The lowest BCUT2D eigenvalue weighted by Gasteiger charge is -2.13. The lowest BCUT2D eigenvalue weighted by molar-refractivity contribution is -0.139. The van der Waals surface area contributed by atoms with Crippen LogP contribution in [-0.2, 0) is 16.0 Å². The Morgan fingerprint density at radius 1 is 1.23 bits per heavy atom. The Kier molecular flexibility index (Phi) is 7.59. The third kappa shape index (κ3) is 5.80. The molecule has 1 aliphatic heterocycles. The monoisotopic (exact) mass is 461 g/mol. The zero-order valence-corrected chi connectivity index (χ0v) is 18.2. The maximum absolute atomic E-state index is 12.7. The number of aryl methyl sites for hydroxylation is 1. The molecule has 162 valence electrons. The van der Waals surface area contributed by atoms with Crippen molar-refractivity contribution in [2.75, 3.05) is 20.3 Å². The molecule has 0 aromatic heterocycles. The molecular weight excluding hydrogens is 442 g/mol. The molecule has 1 heterocycles. The number of carbonyl (C=O) groups excluding carboxylic acids is 2. The molecule has 2 aromatic carbocycles. The molecular formula is C22H20ClNO6S. The smallest absolute Gasteiger partial charge is 0.341 e. The van der Waals surface area contributed by atoms with Crippen LogP contribution in [0.15, 0.2) is 47.4 Å². The van der Waals surface area contributed by atoms with Crippen molar-refractivity contribution in [1.82, 2.24) is 4.90 Å². The van der Waals surface area contributed by atoms with Crippen LogP contribution < -0.4 is 9.47 Å². The number of benzene rings is 2. The molecule has 0 unspecified atom stereocenters. The van der Waals surface area contributed by atoms with Crippen molar-refractivity contribution in [3.05, 3.63) is 63.5 Å². The van der Waals surface area contributed by atoms with Crippen molar-refractivity contribution in [3.8, 4) is 11.5 Å². The van der Waals surface area contributed by atoms with E-state index in [9.17, 15) is 14.4 Å². The Morgan fingerprint density at radius 3 is 2.65 bits per heavy atom. The Morgan fingerprint density at radius 2 is 1.97 bits per heavy atom. The normalized spacial score (nSPS) is 14.9. The minimum Gasteiger partial charge on any atom is -0.493 e. The van der Waals surface area contributed by atoms with E-state index in [1.165, 1.54) is 18.1 Å². The first kappa shape index (κ1) is 22.7. The maximum atomic E-state index is 12.7. The number of carbonyl (C=O) groups is 3. The number of methoxy groups -OCH3 is 1. The fraction of sp³-hybridized carbons (Fsp3) is 0.227. The first-order valence-electron chi connectivity index (χ1n) is 9.40. The predicted octanol–water partition coefficient (Wildman–Crippen LogP) is 4.48. The second-order valence-electron chi connectivity index (χ2n) is 6.64. The van der Waals surface area contributed by atoms with Crippen molar-refractivity contribution in [2.45, 2.75) is 12.8 Å². The fourth-order valence-corrected chi connectivity index (χ4v) is 4.17. The molecule has 1 N–H and O–H groups in total. The van der Waals surface area contributed by atoms with Crippen LogP contribution in [0.2, 0.25) is 5.02 Å². The second kappa shape index (κ2) is 10.4. The van der Waals surface area contributed by atoms with Crippen LogP contribution in [0.3, 0.4) is 0 Å². The molecule has 0 aliphatic carbocycles. The first-order chi connectivity index (χ1) is 14.9. The molecule has 2 amide bonds. The van der Waals surface area contributed by atoms with Gasteiger partial charge in [-0.3, -0.25) is 14.5 Å². The Hall–Kier alpha value is -2.97. The number of amides is 2. The fourth-order valence-electron chi connectivity index (χ4n) is 3.03. The summed E-state index contributed by atoms with van der Waals surface area (Å²) in [6.07, 6.45) is 2.99. The summed E-state index contributed by atoms with van der Waals surface area (Å²) in [6, 6.07) is 12.9. The van der Waals surface area contributed by atoms with E-state index in [2.05, 4.69) is 0 Å². The molecule has 0 spiro atoms. The number of ether oxygens (including phenoxy) is 2. The molecule has 1 aliphatic rings. The van der Waals surface area contributed by atoms with Gasteiger partial charge in [-0.1, -0.05) is 41.9 Å². The summed E-state index contributed by atoms with van der Waals surface area (Å²) in [4.78, 5) is 37.3. The van der Waals surface area contributed by atoms with E-state index >= 15 is 0 Å². The first-order valence-corrected chi connectivity index (χ1v) is 10.6. The molecule has 7 nitrogen and oxygen atoms in total. The van der Waals surface area contributed by atoms with Gasteiger partial charge in [0.15, 0.2) is 18.1 Å². The van der Waals surface area contributed by atoms with E-state index in [4.69, 9.17) is 26.2 Å². The van der Waals surface area contributed by atoms with Crippen molar-refractivity contribution in [3.63, 3.8) is 0 Å². The topological polar surface area (TPSA) is 93.1 Å². The van der Waals surface area contributed by atoms with E-state index in [0.717, 1.165) is 23.7 Å². The number of hydrogen-bond donors (Lipinski definition) is 1. The highest BCUT2D eigenvalue weighted by Gasteiger charge is 2.34. The molecule has 0 saturated carbocycles. The van der Waals surface area contributed by atoms with E-state index < -0.39 is 12.6 Å². The number of carboxylic acids is 1. The number of hydrogen-bond acceptors (Lipinski definition) is 6. The van der Waals surface area contributed by atoms with Gasteiger partial charge in [0.05, 0.1) is 17.0 Å². The number of imide groups is 1. The molecule has 0 radical (unpaired) electrons. The van der Waals surface area contributed by atoms with Crippen LogP contribution in [0.4, 0.5) is 4.79 Å². The average molecular weight is 462 g/mol. The van der Waals surface area contributed by atoms with Crippen LogP contribution in [0.25, 0.3) is 6.08 Å². The highest BCUT2D eigenvalue weighted by atomic mass is 35.5. The zero-order valence-electron chi connectivity index (χ0n) is 16.7.